The lowest BCUT2D eigenvalue weighted by Crippen LogP contribution is -2.38. The van der Waals surface area contributed by atoms with Crippen LogP contribution in [0.3, 0.4) is 0 Å². The average Bonchev–Trinajstić information content (AvgIpc) is 2.72. The molecular formula is C24H25ClN2O3S. The Balaban J connectivity index is 2.02. The third-order valence-corrected chi connectivity index (χ3v) is 7.25. The second kappa shape index (κ2) is 9.12. The van der Waals surface area contributed by atoms with Crippen molar-refractivity contribution in [2.75, 3.05) is 16.2 Å². The zero-order valence-electron chi connectivity index (χ0n) is 17.9. The maximum Gasteiger partial charge on any atom is 0.264 e. The number of nitrogens with one attached hydrogen (secondary N) is 1. The Morgan fingerprint density at radius 2 is 1.55 bits per heavy atom. The van der Waals surface area contributed by atoms with E-state index in [1.54, 1.807) is 43.3 Å². The van der Waals surface area contributed by atoms with Crippen LogP contribution in [-0.2, 0) is 14.8 Å². The summed E-state index contributed by atoms with van der Waals surface area (Å²) in [4.78, 5) is 13.1. The van der Waals surface area contributed by atoms with E-state index in [1.165, 1.54) is 12.1 Å². The summed E-state index contributed by atoms with van der Waals surface area (Å²) >= 11 is 6.25. The molecule has 0 bridgehead atoms. The molecule has 0 aliphatic heterocycles. The fourth-order valence-corrected chi connectivity index (χ4v) is 5.24. The second-order valence-corrected chi connectivity index (χ2v) is 9.80. The van der Waals surface area contributed by atoms with Crippen molar-refractivity contribution >= 4 is 38.9 Å². The van der Waals surface area contributed by atoms with Crippen molar-refractivity contribution in [3.63, 3.8) is 0 Å². The van der Waals surface area contributed by atoms with Gasteiger partial charge in [0.25, 0.3) is 10.0 Å². The molecule has 1 N–H and O–H groups in total. The number of hydrogen-bond acceptors (Lipinski definition) is 3. The third-order valence-electron chi connectivity index (χ3n) is 5.07. The van der Waals surface area contributed by atoms with Crippen molar-refractivity contribution in [3.05, 3.63) is 87.9 Å². The minimum absolute atomic E-state index is 0.102. The molecular weight excluding hydrogens is 432 g/mol. The number of carbonyl (C=O) groups excluding carboxylic acids is 1. The van der Waals surface area contributed by atoms with E-state index in [4.69, 9.17) is 11.6 Å². The van der Waals surface area contributed by atoms with Crippen LogP contribution in [-0.4, -0.2) is 20.9 Å². The van der Waals surface area contributed by atoms with Crippen LogP contribution >= 0.6 is 11.6 Å². The van der Waals surface area contributed by atoms with Gasteiger partial charge < -0.3 is 5.32 Å². The van der Waals surface area contributed by atoms with Crippen LogP contribution in [0.5, 0.6) is 0 Å². The summed E-state index contributed by atoms with van der Waals surface area (Å²) in [5.74, 6) is -0.436. The number of carbonyl (C=O) groups is 1. The quantitative estimate of drug-likeness (QED) is 0.539. The van der Waals surface area contributed by atoms with E-state index in [-0.39, 0.29) is 11.4 Å². The lowest BCUT2D eigenvalue weighted by Gasteiger charge is -2.26. The average molecular weight is 457 g/mol. The van der Waals surface area contributed by atoms with Gasteiger partial charge in [0.05, 0.1) is 10.6 Å². The molecule has 3 rings (SSSR count). The van der Waals surface area contributed by atoms with Crippen molar-refractivity contribution < 1.29 is 13.2 Å². The summed E-state index contributed by atoms with van der Waals surface area (Å²) in [6.45, 7) is 7.16. The number of sulfonamides is 1. The Kier molecular flexibility index (Phi) is 6.72. The van der Waals surface area contributed by atoms with E-state index in [0.29, 0.717) is 22.0 Å². The Morgan fingerprint density at radius 3 is 2.16 bits per heavy atom. The minimum Gasteiger partial charge on any atom is -0.324 e. The van der Waals surface area contributed by atoms with Crippen LogP contribution in [0, 0.1) is 27.7 Å². The maximum atomic E-state index is 13.5. The summed E-state index contributed by atoms with van der Waals surface area (Å²) in [5.41, 5.74) is 4.57. The standard InChI is InChI=1S/C24H25ClN2O3S/c1-16-13-17(2)24(18(3)14-16)26-23(28)15-27(22-12-8-11-21(25)19(22)4)31(29,30)20-9-6-5-7-10-20/h5-14H,15H2,1-4H3,(H,26,28). The van der Waals surface area contributed by atoms with E-state index >= 15 is 0 Å². The first-order chi connectivity index (χ1) is 14.6. The van der Waals surface area contributed by atoms with Gasteiger partial charge in [-0.2, -0.15) is 0 Å². The summed E-state index contributed by atoms with van der Waals surface area (Å²) in [5, 5.41) is 3.31. The van der Waals surface area contributed by atoms with E-state index in [0.717, 1.165) is 21.0 Å². The lowest BCUT2D eigenvalue weighted by atomic mass is 10.1. The van der Waals surface area contributed by atoms with Crippen molar-refractivity contribution in [2.24, 2.45) is 0 Å². The van der Waals surface area contributed by atoms with Crippen molar-refractivity contribution in [2.45, 2.75) is 32.6 Å². The Hall–Kier alpha value is -2.83. The SMILES string of the molecule is Cc1cc(C)c(NC(=O)CN(c2cccc(Cl)c2C)S(=O)(=O)c2ccccc2)c(C)c1. The molecule has 0 heterocycles. The molecule has 3 aromatic rings. The first kappa shape index (κ1) is 22.8. The minimum atomic E-state index is -3.99. The van der Waals surface area contributed by atoms with Crippen LogP contribution < -0.4 is 9.62 Å². The van der Waals surface area contributed by atoms with Crippen molar-refractivity contribution in [1.82, 2.24) is 0 Å². The molecule has 7 heteroatoms. The zero-order chi connectivity index (χ0) is 22.8. The fourth-order valence-electron chi connectivity index (χ4n) is 3.57. The lowest BCUT2D eigenvalue weighted by molar-refractivity contribution is -0.114. The molecule has 0 aromatic heterocycles. The number of amides is 1. The smallest absolute Gasteiger partial charge is 0.264 e. The molecule has 0 aliphatic carbocycles. The Morgan fingerprint density at radius 1 is 0.935 bits per heavy atom. The molecule has 0 unspecified atom stereocenters. The van der Waals surface area contributed by atoms with E-state index in [1.807, 2.05) is 32.9 Å². The molecule has 162 valence electrons. The van der Waals surface area contributed by atoms with Gasteiger partial charge >= 0.3 is 0 Å². The number of hydrogen-bond donors (Lipinski definition) is 1. The second-order valence-electron chi connectivity index (χ2n) is 7.53. The third kappa shape index (κ3) is 4.92. The van der Waals surface area contributed by atoms with E-state index < -0.39 is 15.9 Å². The zero-order valence-corrected chi connectivity index (χ0v) is 19.5. The summed E-state index contributed by atoms with van der Waals surface area (Å²) in [7, 11) is -3.99. The van der Waals surface area contributed by atoms with Crippen LogP contribution in [0.4, 0.5) is 11.4 Å². The van der Waals surface area contributed by atoms with Gasteiger partial charge in [0.1, 0.15) is 6.54 Å². The molecule has 0 spiro atoms. The van der Waals surface area contributed by atoms with Gasteiger partial charge in [-0.1, -0.05) is 53.6 Å². The Labute approximate surface area is 188 Å². The molecule has 0 aliphatic rings. The van der Waals surface area contributed by atoms with Gasteiger partial charge in [0, 0.05) is 10.7 Å². The van der Waals surface area contributed by atoms with Crippen LogP contribution in [0.25, 0.3) is 0 Å². The monoisotopic (exact) mass is 456 g/mol. The molecule has 0 fully saturated rings. The predicted octanol–water partition coefficient (Wildman–Crippen LogP) is 5.41. The molecule has 31 heavy (non-hydrogen) atoms. The molecule has 3 aromatic carbocycles. The first-order valence-corrected chi connectivity index (χ1v) is 11.6. The summed E-state index contributed by atoms with van der Waals surface area (Å²) in [6.07, 6.45) is 0. The predicted molar refractivity (Wildman–Crippen MR) is 126 cm³/mol. The highest BCUT2D eigenvalue weighted by Crippen LogP contribution is 2.31. The number of halogens is 1. The first-order valence-electron chi connectivity index (χ1n) is 9.82. The van der Waals surface area contributed by atoms with Gasteiger partial charge in [-0.05, 0) is 68.7 Å². The van der Waals surface area contributed by atoms with Gasteiger partial charge in [0.15, 0.2) is 0 Å². The molecule has 0 radical (unpaired) electrons. The largest absolute Gasteiger partial charge is 0.324 e. The summed E-state index contributed by atoms with van der Waals surface area (Å²) < 4.78 is 28.0. The van der Waals surface area contributed by atoms with Gasteiger partial charge in [-0.25, -0.2) is 8.42 Å². The van der Waals surface area contributed by atoms with Crippen molar-refractivity contribution in [3.8, 4) is 0 Å². The highest BCUT2D eigenvalue weighted by atomic mass is 35.5. The van der Waals surface area contributed by atoms with Crippen LogP contribution in [0.1, 0.15) is 22.3 Å². The van der Waals surface area contributed by atoms with Crippen LogP contribution in [0.2, 0.25) is 5.02 Å². The number of rotatable bonds is 6. The number of anilines is 2. The normalized spacial score (nSPS) is 11.3. The Bertz CT molecular complexity index is 1200. The van der Waals surface area contributed by atoms with Crippen molar-refractivity contribution in [1.29, 1.82) is 0 Å². The van der Waals surface area contributed by atoms with Gasteiger partial charge in [-0.15, -0.1) is 0 Å². The number of nitrogens with zero attached hydrogens (tertiary/aromatic N) is 1. The highest BCUT2D eigenvalue weighted by molar-refractivity contribution is 7.92. The molecule has 5 nitrogen and oxygen atoms in total. The highest BCUT2D eigenvalue weighted by Gasteiger charge is 2.29. The van der Waals surface area contributed by atoms with E-state index in [2.05, 4.69) is 5.32 Å². The number of benzene rings is 3. The fraction of sp³-hybridized carbons (Fsp3) is 0.208. The molecule has 0 saturated heterocycles. The maximum absolute atomic E-state index is 13.5. The van der Waals surface area contributed by atoms with E-state index in [9.17, 15) is 13.2 Å². The van der Waals surface area contributed by atoms with Crippen LogP contribution in [0.15, 0.2) is 65.6 Å². The van der Waals surface area contributed by atoms with Gasteiger partial charge in [-0.3, -0.25) is 9.10 Å². The van der Waals surface area contributed by atoms with Gasteiger partial charge in [0.2, 0.25) is 5.91 Å². The molecule has 1 amide bonds. The molecule has 0 saturated carbocycles. The topological polar surface area (TPSA) is 66.5 Å². The summed E-state index contributed by atoms with van der Waals surface area (Å²) in [6, 6.07) is 17.0. The number of aryl methyl sites for hydroxylation is 3. The molecule has 0 atom stereocenters.